The number of nitriles is 1. The largest absolute Gasteiger partial charge is 0.294 e. The molecule has 0 aromatic heterocycles. The first-order chi connectivity index (χ1) is 9.11. The van der Waals surface area contributed by atoms with Gasteiger partial charge in [0.25, 0.3) is 0 Å². The van der Waals surface area contributed by atoms with Crippen molar-refractivity contribution < 1.29 is 13.6 Å². The zero-order valence-electron chi connectivity index (χ0n) is 9.86. The lowest BCUT2D eigenvalue weighted by molar-refractivity contribution is 0.0993. The number of carbonyl (C=O) groups is 1. The molecule has 0 aliphatic carbocycles. The van der Waals surface area contributed by atoms with E-state index in [0.29, 0.717) is 11.1 Å². The summed E-state index contributed by atoms with van der Waals surface area (Å²) in [5.74, 6) is -1.37. The first-order valence-corrected chi connectivity index (χ1v) is 5.58. The fourth-order valence-corrected chi connectivity index (χ4v) is 1.75. The van der Waals surface area contributed by atoms with E-state index in [4.69, 9.17) is 5.26 Å². The van der Waals surface area contributed by atoms with E-state index in [9.17, 15) is 13.6 Å². The van der Waals surface area contributed by atoms with Crippen LogP contribution in [0, 0.1) is 23.0 Å². The number of halogens is 2. The summed E-state index contributed by atoms with van der Waals surface area (Å²) < 4.78 is 26.1. The molecule has 0 N–H and O–H groups in total. The summed E-state index contributed by atoms with van der Waals surface area (Å²) in [5.41, 5.74) is 0.532. The third kappa shape index (κ3) is 2.83. The Morgan fingerprint density at radius 3 is 2.42 bits per heavy atom. The van der Waals surface area contributed by atoms with E-state index in [2.05, 4.69) is 0 Å². The summed E-state index contributed by atoms with van der Waals surface area (Å²) in [6.07, 6.45) is -0.0910. The molecule has 0 atom stereocenters. The molecule has 4 heteroatoms. The van der Waals surface area contributed by atoms with E-state index in [0.717, 1.165) is 0 Å². The van der Waals surface area contributed by atoms with Crippen LogP contribution in [0.3, 0.4) is 0 Å². The van der Waals surface area contributed by atoms with Gasteiger partial charge in [0.05, 0.1) is 5.56 Å². The van der Waals surface area contributed by atoms with Crippen LogP contribution in [0.5, 0.6) is 0 Å². The quantitative estimate of drug-likeness (QED) is 0.792. The molecule has 94 valence electrons. The molecule has 0 bridgehead atoms. The third-order valence-electron chi connectivity index (χ3n) is 2.73. The molecule has 0 saturated heterocycles. The van der Waals surface area contributed by atoms with Gasteiger partial charge in [-0.05, 0) is 35.9 Å². The first kappa shape index (κ1) is 12.9. The van der Waals surface area contributed by atoms with Crippen molar-refractivity contribution in [3.8, 4) is 6.07 Å². The number of ketones is 1. The van der Waals surface area contributed by atoms with E-state index < -0.39 is 11.6 Å². The van der Waals surface area contributed by atoms with E-state index in [1.54, 1.807) is 6.07 Å². The van der Waals surface area contributed by atoms with E-state index >= 15 is 0 Å². The van der Waals surface area contributed by atoms with Gasteiger partial charge in [-0.15, -0.1) is 0 Å². The molecular formula is C15H9F2NO. The fraction of sp³-hybridized carbons (Fsp3) is 0.0667. The Bertz CT molecular complexity index is 657. The highest BCUT2D eigenvalue weighted by atomic mass is 19.1. The average Bonchev–Trinajstić information content (AvgIpc) is 2.39. The van der Waals surface area contributed by atoms with Crippen molar-refractivity contribution in [3.63, 3.8) is 0 Å². The average molecular weight is 257 g/mol. The molecule has 2 aromatic rings. The topological polar surface area (TPSA) is 40.9 Å². The normalized spacial score (nSPS) is 9.95. The summed E-state index contributed by atoms with van der Waals surface area (Å²) in [5, 5.41) is 8.87. The van der Waals surface area contributed by atoms with Crippen LogP contribution in [0.25, 0.3) is 0 Å². The zero-order valence-corrected chi connectivity index (χ0v) is 9.86. The molecule has 2 nitrogen and oxygen atoms in total. The van der Waals surface area contributed by atoms with Crippen molar-refractivity contribution in [2.24, 2.45) is 0 Å². The Morgan fingerprint density at radius 1 is 1.11 bits per heavy atom. The standard InChI is InChI=1S/C15H9F2NO/c16-12-6-4-10(5-7-12)15(19)8-11-2-1-3-14(17)13(11)9-18/h1-7H,8H2. The van der Waals surface area contributed by atoms with Gasteiger partial charge in [0.15, 0.2) is 5.78 Å². The summed E-state index contributed by atoms with van der Waals surface area (Å²) >= 11 is 0. The second-order valence-electron chi connectivity index (χ2n) is 3.99. The van der Waals surface area contributed by atoms with Crippen molar-refractivity contribution >= 4 is 5.78 Å². The van der Waals surface area contributed by atoms with Crippen LogP contribution in [0.1, 0.15) is 21.5 Å². The maximum Gasteiger partial charge on any atom is 0.167 e. The van der Waals surface area contributed by atoms with E-state index in [1.165, 1.54) is 42.5 Å². The maximum atomic E-state index is 13.4. The molecule has 19 heavy (non-hydrogen) atoms. The van der Waals surface area contributed by atoms with E-state index in [1.807, 2.05) is 0 Å². The molecule has 0 radical (unpaired) electrons. The van der Waals surface area contributed by atoms with Crippen LogP contribution in [0.15, 0.2) is 42.5 Å². The molecule has 0 amide bonds. The molecule has 0 unspecified atom stereocenters. The van der Waals surface area contributed by atoms with Gasteiger partial charge in [0.2, 0.25) is 0 Å². The molecular weight excluding hydrogens is 248 g/mol. The van der Waals surface area contributed by atoms with Gasteiger partial charge in [-0.3, -0.25) is 4.79 Å². The molecule has 0 aliphatic heterocycles. The minimum atomic E-state index is -0.646. The minimum absolute atomic E-state index is 0.0910. The lowest BCUT2D eigenvalue weighted by Gasteiger charge is -2.04. The van der Waals surface area contributed by atoms with Gasteiger partial charge in [0, 0.05) is 12.0 Å². The second-order valence-corrected chi connectivity index (χ2v) is 3.99. The van der Waals surface area contributed by atoms with Crippen molar-refractivity contribution in [2.75, 3.05) is 0 Å². The summed E-state index contributed by atoms with van der Waals surface area (Å²) in [6.45, 7) is 0. The Hall–Kier alpha value is -2.54. The van der Waals surface area contributed by atoms with Crippen molar-refractivity contribution in [2.45, 2.75) is 6.42 Å². The third-order valence-corrected chi connectivity index (χ3v) is 2.73. The van der Waals surface area contributed by atoms with Gasteiger partial charge >= 0.3 is 0 Å². The van der Waals surface area contributed by atoms with Crippen molar-refractivity contribution in [1.29, 1.82) is 5.26 Å². The molecule has 0 heterocycles. The molecule has 2 aromatic carbocycles. The highest BCUT2D eigenvalue weighted by Crippen LogP contribution is 2.15. The smallest absolute Gasteiger partial charge is 0.167 e. The summed E-state index contributed by atoms with van der Waals surface area (Å²) in [4.78, 5) is 12.0. The van der Waals surface area contributed by atoms with Crippen molar-refractivity contribution in [3.05, 3.63) is 70.8 Å². The van der Waals surface area contributed by atoms with Gasteiger partial charge in [-0.25, -0.2) is 8.78 Å². The van der Waals surface area contributed by atoms with Crippen LogP contribution in [-0.4, -0.2) is 5.78 Å². The Labute approximate surface area is 108 Å². The molecule has 0 saturated carbocycles. The number of Topliss-reactive ketones (excluding diaryl/α,β-unsaturated/α-hetero) is 1. The summed E-state index contributed by atoms with van der Waals surface area (Å²) in [7, 11) is 0. The van der Waals surface area contributed by atoms with Crippen LogP contribution >= 0.6 is 0 Å². The second kappa shape index (κ2) is 5.40. The molecule has 0 fully saturated rings. The zero-order chi connectivity index (χ0) is 13.8. The molecule has 0 spiro atoms. The van der Waals surface area contributed by atoms with Crippen molar-refractivity contribution in [1.82, 2.24) is 0 Å². The lowest BCUT2D eigenvalue weighted by atomic mass is 9.99. The predicted molar refractivity (Wildman–Crippen MR) is 65.5 cm³/mol. The Kier molecular flexibility index (Phi) is 3.67. The number of hydrogen-bond acceptors (Lipinski definition) is 2. The number of benzene rings is 2. The van der Waals surface area contributed by atoms with Gasteiger partial charge in [-0.1, -0.05) is 12.1 Å². The highest BCUT2D eigenvalue weighted by Gasteiger charge is 2.13. The Balaban J connectivity index is 2.27. The Morgan fingerprint density at radius 2 is 1.79 bits per heavy atom. The van der Waals surface area contributed by atoms with Crippen LogP contribution < -0.4 is 0 Å². The number of nitrogens with zero attached hydrogens (tertiary/aromatic N) is 1. The highest BCUT2D eigenvalue weighted by molar-refractivity contribution is 5.97. The number of rotatable bonds is 3. The van der Waals surface area contributed by atoms with Gasteiger partial charge < -0.3 is 0 Å². The molecule has 2 rings (SSSR count). The monoisotopic (exact) mass is 257 g/mol. The fourth-order valence-electron chi connectivity index (χ4n) is 1.75. The first-order valence-electron chi connectivity index (χ1n) is 5.58. The molecule has 0 aliphatic rings. The van der Waals surface area contributed by atoms with Gasteiger partial charge in [-0.2, -0.15) is 5.26 Å². The maximum absolute atomic E-state index is 13.4. The van der Waals surface area contributed by atoms with Gasteiger partial charge in [0.1, 0.15) is 17.7 Å². The van der Waals surface area contributed by atoms with E-state index in [-0.39, 0.29) is 17.8 Å². The summed E-state index contributed by atoms with van der Waals surface area (Å²) in [6, 6.07) is 11.0. The minimum Gasteiger partial charge on any atom is -0.294 e. The SMILES string of the molecule is N#Cc1c(F)cccc1CC(=O)c1ccc(F)cc1. The predicted octanol–water partition coefficient (Wildman–Crippen LogP) is 3.26. The van der Waals surface area contributed by atoms with Crippen LogP contribution in [-0.2, 0) is 6.42 Å². The number of hydrogen-bond donors (Lipinski definition) is 0. The van der Waals surface area contributed by atoms with Crippen LogP contribution in [0.2, 0.25) is 0 Å². The number of carbonyl (C=O) groups excluding carboxylic acids is 1. The van der Waals surface area contributed by atoms with Crippen LogP contribution in [0.4, 0.5) is 8.78 Å². The lowest BCUT2D eigenvalue weighted by Crippen LogP contribution is -2.06.